The molecular weight excluding hydrogens is 202 g/mol. The molecule has 0 radical (unpaired) electrons. The molecule has 1 rings (SSSR count). The van der Waals surface area contributed by atoms with Crippen LogP contribution in [0.25, 0.3) is 0 Å². The Hall–Kier alpha value is -0.130. The molecule has 1 fully saturated rings. The maximum absolute atomic E-state index is 11.0. The van der Waals surface area contributed by atoms with Gasteiger partial charge in [0.05, 0.1) is 12.4 Å². The highest BCUT2D eigenvalue weighted by molar-refractivity contribution is 7.90. The van der Waals surface area contributed by atoms with E-state index in [1.165, 1.54) is 6.26 Å². The summed E-state index contributed by atoms with van der Waals surface area (Å²) in [4.78, 5) is 0. The predicted molar refractivity (Wildman–Crippen MR) is 56.1 cm³/mol. The third kappa shape index (κ3) is 3.94. The van der Waals surface area contributed by atoms with Gasteiger partial charge >= 0.3 is 0 Å². The number of rotatable bonds is 5. The van der Waals surface area contributed by atoms with E-state index in [9.17, 15) is 8.42 Å². The lowest BCUT2D eigenvalue weighted by Gasteiger charge is -2.21. The van der Waals surface area contributed by atoms with Gasteiger partial charge in [0.1, 0.15) is 9.84 Å². The minimum Gasteiger partial charge on any atom is -0.381 e. The molecule has 0 amide bonds. The van der Waals surface area contributed by atoms with Crippen LogP contribution >= 0.6 is 0 Å². The van der Waals surface area contributed by atoms with Gasteiger partial charge in [-0.25, -0.2) is 8.42 Å². The highest BCUT2D eigenvalue weighted by atomic mass is 32.2. The smallest absolute Gasteiger partial charge is 0.147 e. The summed E-state index contributed by atoms with van der Waals surface area (Å²) < 4.78 is 27.3. The minimum absolute atomic E-state index is 0.259. The first-order chi connectivity index (χ1) is 6.53. The first kappa shape index (κ1) is 11.9. The van der Waals surface area contributed by atoms with Crippen LogP contribution in [-0.4, -0.2) is 46.7 Å². The Morgan fingerprint density at radius 3 is 2.71 bits per heavy atom. The Morgan fingerprint density at radius 2 is 2.29 bits per heavy atom. The maximum Gasteiger partial charge on any atom is 0.147 e. The molecule has 0 aliphatic carbocycles. The van der Waals surface area contributed by atoms with E-state index in [1.807, 2.05) is 7.05 Å². The van der Waals surface area contributed by atoms with Gasteiger partial charge in [0, 0.05) is 18.9 Å². The molecular formula is C9H19NO3S. The largest absolute Gasteiger partial charge is 0.381 e. The second-order valence-electron chi connectivity index (χ2n) is 3.94. The molecule has 5 heteroatoms. The summed E-state index contributed by atoms with van der Waals surface area (Å²) in [6.45, 7) is 1.57. The van der Waals surface area contributed by atoms with Crippen molar-refractivity contribution in [1.29, 1.82) is 0 Å². The molecule has 0 aromatic heterocycles. The fourth-order valence-electron chi connectivity index (χ4n) is 1.83. The molecule has 14 heavy (non-hydrogen) atoms. The molecule has 0 aromatic rings. The Labute approximate surface area is 85.9 Å². The van der Waals surface area contributed by atoms with Gasteiger partial charge in [0.15, 0.2) is 0 Å². The summed E-state index contributed by atoms with van der Waals surface area (Å²) in [5.74, 6) is 0.733. The van der Waals surface area contributed by atoms with E-state index < -0.39 is 9.84 Å². The molecule has 4 nitrogen and oxygen atoms in total. The Morgan fingerprint density at radius 1 is 1.57 bits per heavy atom. The van der Waals surface area contributed by atoms with Crippen molar-refractivity contribution in [2.45, 2.75) is 18.9 Å². The van der Waals surface area contributed by atoms with E-state index in [-0.39, 0.29) is 11.8 Å². The van der Waals surface area contributed by atoms with Crippen LogP contribution in [0.5, 0.6) is 0 Å². The van der Waals surface area contributed by atoms with Crippen molar-refractivity contribution in [2.24, 2.45) is 5.92 Å². The van der Waals surface area contributed by atoms with Crippen LogP contribution in [0.1, 0.15) is 12.8 Å². The molecule has 0 aromatic carbocycles. The van der Waals surface area contributed by atoms with Gasteiger partial charge in [-0.2, -0.15) is 0 Å². The third-order valence-electron chi connectivity index (χ3n) is 2.70. The maximum atomic E-state index is 11.0. The molecule has 1 aliphatic heterocycles. The number of ether oxygens (including phenoxy) is 1. The number of hydrogen-bond donors (Lipinski definition) is 1. The standard InChI is InChI=1S/C9H19NO3S/c1-10-9(4-6-14(2,11)12)8-3-5-13-7-8/h8-10H,3-7H2,1-2H3. The van der Waals surface area contributed by atoms with Crippen LogP contribution in [0.2, 0.25) is 0 Å². The van der Waals surface area contributed by atoms with Crippen molar-refractivity contribution in [2.75, 3.05) is 32.3 Å². The third-order valence-corrected chi connectivity index (χ3v) is 3.68. The van der Waals surface area contributed by atoms with Crippen LogP contribution in [0.15, 0.2) is 0 Å². The van der Waals surface area contributed by atoms with Gasteiger partial charge in [-0.15, -0.1) is 0 Å². The van der Waals surface area contributed by atoms with Gasteiger partial charge in [0.25, 0.3) is 0 Å². The van der Waals surface area contributed by atoms with Crippen molar-refractivity contribution in [1.82, 2.24) is 5.32 Å². The van der Waals surface area contributed by atoms with Crippen LogP contribution in [0.4, 0.5) is 0 Å². The lowest BCUT2D eigenvalue weighted by Crippen LogP contribution is -2.35. The molecule has 0 spiro atoms. The molecule has 1 N–H and O–H groups in total. The van der Waals surface area contributed by atoms with Crippen molar-refractivity contribution >= 4 is 9.84 Å². The zero-order valence-corrected chi connectivity index (χ0v) is 9.64. The fourth-order valence-corrected chi connectivity index (χ4v) is 2.51. The van der Waals surface area contributed by atoms with E-state index in [1.54, 1.807) is 0 Å². The predicted octanol–water partition coefficient (Wildman–Crippen LogP) is 0.0456. The van der Waals surface area contributed by atoms with Gasteiger partial charge in [0.2, 0.25) is 0 Å². The van der Waals surface area contributed by atoms with Crippen molar-refractivity contribution in [3.05, 3.63) is 0 Å². The summed E-state index contributed by atoms with van der Waals surface area (Å²) in [5, 5.41) is 3.17. The zero-order chi connectivity index (χ0) is 10.6. The summed E-state index contributed by atoms with van der Waals surface area (Å²) >= 11 is 0. The Kier molecular flexibility index (Phi) is 4.34. The molecule has 84 valence electrons. The zero-order valence-electron chi connectivity index (χ0n) is 8.82. The first-order valence-electron chi connectivity index (χ1n) is 4.95. The SMILES string of the molecule is CNC(CCS(C)(=O)=O)C1CCOC1. The van der Waals surface area contributed by atoms with Crippen molar-refractivity contribution in [3.8, 4) is 0 Å². The summed E-state index contributed by atoms with van der Waals surface area (Å²) in [5.41, 5.74) is 0. The average molecular weight is 221 g/mol. The van der Waals surface area contributed by atoms with Crippen molar-refractivity contribution < 1.29 is 13.2 Å². The normalized spacial score (nSPS) is 25.1. The van der Waals surface area contributed by atoms with E-state index >= 15 is 0 Å². The van der Waals surface area contributed by atoms with E-state index in [4.69, 9.17) is 4.74 Å². The molecule has 1 saturated heterocycles. The highest BCUT2D eigenvalue weighted by Gasteiger charge is 2.25. The van der Waals surface area contributed by atoms with Crippen molar-refractivity contribution in [3.63, 3.8) is 0 Å². The Balaban J connectivity index is 2.38. The Bertz CT molecular complexity index is 257. The summed E-state index contributed by atoms with van der Waals surface area (Å²) in [6.07, 6.45) is 3.00. The van der Waals surface area contributed by atoms with Crippen LogP contribution in [-0.2, 0) is 14.6 Å². The van der Waals surface area contributed by atoms with Crippen LogP contribution in [0, 0.1) is 5.92 Å². The minimum atomic E-state index is -2.84. The quantitative estimate of drug-likeness (QED) is 0.712. The highest BCUT2D eigenvalue weighted by Crippen LogP contribution is 2.18. The van der Waals surface area contributed by atoms with Gasteiger partial charge in [-0.05, 0) is 25.8 Å². The molecule has 2 atom stereocenters. The first-order valence-corrected chi connectivity index (χ1v) is 7.01. The number of hydrogen-bond acceptors (Lipinski definition) is 4. The number of nitrogens with one attached hydrogen (secondary N) is 1. The van der Waals surface area contributed by atoms with Crippen LogP contribution < -0.4 is 5.32 Å². The molecule has 0 saturated carbocycles. The molecule has 0 bridgehead atoms. The lowest BCUT2D eigenvalue weighted by molar-refractivity contribution is 0.177. The average Bonchev–Trinajstić information content (AvgIpc) is 2.56. The summed E-state index contributed by atoms with van der Waals surface area (Å²) in [7, 11) is -0.959. The molecule has 2 unspecified atom stereocenters. The molecule has 1 aliphatic rings. The second kappa shape index (κ2) is 5.09. The van der Waals surface area contributed by atoms with Crippen LogP contribution in [0.3, 0.4) is 0 Å². The lowest BCUT2D eigenvalue weighted by atomic mass is 9.97. The van der Waals surface area contributed by atoms with E-state index in [2.05, 4.69) is 5.32 Å². The van der Waals surface area contributed by atoms with E-state index in [0.717, 1.165) is 19.6 Å². The van der Waals surface area contributed by atoms with Gasteiger partial charge < -0.3 is 10.1 Å². The van der Waals surface area contributed by atoms with E-state index in [0.29, 0.717) is 12.3 Å². The topological polar surface area (TPSA) is 55.4 Å². The van der Waals surface area contributed by atoms with Gasteiger partial charge in [-0.1, -0.05) is 0 Å². The summed E-state index contributed by atoms with van der Waals surface area (Å²) in [6, 6.07) is 0.271. The molecule has 1 heterocycles. The monoisotopic (exact) mass is 221 g/mol. The number of sulfone groups is 1. The second-order valence-corrected chi connectivity index (χ2v) is 6.20. The van der Waals surface area contributed by atoms with Gasteiger partial charge in [-0.3, -0.25) is 0 Å². The fraction of sp³-hybridized carbons (Fsp3) is 1.00.